The van der Waals surface area contributed by atoms with Gasteiger partial charge in [-0.15, -0.1) is 0 Å². The van der Waals surface area contributed by atoms with Gasteiger partial charge < -0.3 is 24.4 Å². The normalized spacial score (nSPS) is 18.3. The van der Waals surface area contributed by atoms with E-state index in [0.29, 0.717) is 16.7 Å². The van der Waals surface area contributed by atoms with E-state index in [4.69, 9.17) is 25.8 Å². The van der Waals surface area contributed by atoms with Crippen molar-refractivity contribution >= 4 is 23.0 Å². The van der Waals surface area contributed by atoms with E-state index in [0.717, 1.165) is 0 Å². The van der Waals surface area contributed by atoms with E-state index in [1.807, 2.05) is 0 Å². The fourth-order valence-electron chi connectivity index (χ4n) is 3.91. The summed E-state index contributed by atoms with van der Waals surface area (Å²) in [6.45, 7) is 0. The van der Waals surface area contributed by atoms with Crippen molar-refractivity contribution in [2.45, 2.75) is 5.60 Å². The molecule has 1 spiro atoms. The van der Waals surface area contributed by atoms with Crippen molar-refractivity contribution in [1.29, 1.82) is 0 Å². The Bertz CT molecular complexity index is 1220. The van der Waals surface area contributed by atoms with E-state index in [1.54, 1.807) is 30.3 Å². The van der Waals surface area contributed by atoms with Gasteiger partial charge in [-0.1, -0.05) is 18.2 Å². The van der Waals surface area contributed by atoms with Crippen LogP contribution in [0.5, 0.6) is 28.7 Å². The summed E-state index contributed by atoms with van der Waals surface area (Å²) in [5.41, 5.74) is -1.23. The minimum Gasteiger partial charge on any atom is -0.508 e. The first-order valence-electron chi connectivity index (χ1n) is 8.49. The SMILES string of the molecule is O=C(Cl)Oc1cc(O)cc2c1C1(OC(=O)c3ccccc31)c1ccc(O)cc1O2. The van der Waals surface area contributed by atoms with Crippen LogP contribution in [0.15, 0.2) is 54.6 Å². The minimum atomic E-state index is -1.53. The Kier molecular flexibility index (Phi) is 3.53. The van der Waals surface area contributed by atoms with Crippen molar-refractivity contribution in [3.8, 4) is 28.7 Å². The highest BCUT2D eigenvalue weighted by Crippen LogP contribution is 2.59. The molecule has 0 aromatic heterocycles. The standard InChI is InChI=1S/C21H11ClO7/c22-20(26)28-17-9-11(24)8-16-18(17)21(14-6-5-10(23)7-15(14)27-16)13-4-2-1-3-12(13)19(25)29-21/h1-9,23-24H. The maximum Gasteiger partial charge on any atom is 0.409 e. The quantitative estimate of drug-likeness (QED) is 0.452. The lowest BCUT2D eigenvalue weighted by molar-refractivity contribution is 0.0219. The highest BCUT2D eigenvalue weighted by molar-refractivity contribution is 6.61. The molecule has 144 valence electrons. The van der Waals surface area contributed by atoms with Crippen LogP contribution in [0, 0.1) is 0 Å². The number of halogens is 1. The molecule has 0 aliphatic carbocycles. The van der Waals surface area contributed by atoms with E-state index in [-0.39, 0.29) is 34.3 Å². The van der Waals surface area contributed by atoms with Gasteiger partial charge in [0.15, 0.2) is 5.60 Å². The van der Waals surface area contributed by atoms with Crippen LogP contribution in [0.3, 0.4) is 0 Å². The number of fused-ring (bicyclic) bond motifs is 6. The van der Waals surface area contributed by atoms with E-state index < -0.39 is 17.0 Å². The molecule has 0 saturated heterocycles. The summed E-state index contributed by atoms with van der Waals surface area (Å²) >= 11 is 5.43. The zero-order valence-electron chi connectivity index (χ0n) is 14.5. The molecule has 1 atom stereocenters. The fourth-order valence-corrected chi connectivity index (χ4v) is 4.00. The number of benzene rings is 3. The second kappa shape index (κ2) is 5.89. The first kappa shape index (κ1) is 17.4. The summed E-state index contributed by atoms with van der Waals surface area (Å²) < 4.78 is 16.9. The number of hydrogen-bond donors (Lipinski definition) is 2. The second-order valence-electron chi connectivity index (χ2n) is 6.56. The topological polar surface area (TPSA) is 102 Å². The maximum atomic E-state index is 12.7. The Balaban J connectivity index is 1.92. The molecule has 3 aromatic carbocycles. The molecule has 0 amide bonds. The van der Waals surface area contributed by atoms with Crippen LogP contribution in [0.2, 0.25) is 0 Å². The van der Waals surface area contributed by atoms with Crippen LogP contribution in [0.4, 0.5) is 4.79 Å². The van der Waals surface area contributed by atoms with Gasteiger partial charge in [0.1, 0.15) is 28.7 Å². The molecular formula is C21H11ClO7. The molecule has 0 bridgehead atoms. The number of rotatable bonds is 1. The number of carbonyl (C=O) groups is 2. The monoisotopic (exact) mass is 410 g/mol. The number of ether oxygens (including phenoxy) is 3. The Morgan fingerprint density at radius 3 is 2.52 bits per heavy atom. The zero-order chi connectivity index (χ0) is 20.3. The Labute approximate surface area is 168 Å². The van der Waals surface area contributed by atoms with Crippen LogP contribution >= 0.6 is 11.6 Å². The van der Waals surface area contributed by atoms with Crippen molar-refractivity contribution in [2.24, 2.45) is 0 Å². The Morgan fingerprint density at radius 2 is 1.72 bits per heavy atom. The maximum absolute atomic E-state index is 12.7. The van der Waals surface area contributed by atoms with Gasteiger partial charge in [-0.25, -0.2) is 9.59 Å². The lowest BCUT2D eigenvalue weighted by Gasteiger charge is -2.37. The lowest BCUT2D eigenvalue weighted by Crippen LogP contribution is -2.33. The van der Waals surface area contributed by atoms with Gasteiger partial charge >= 0.3 is 11.4 Å². The Morgan fingerprint density at radius 1 is 0.966 bits per heavy atom. The summed E-state index contributed by atoms with van der Waals surface area (Å²) in [6.07, 6.45) is 0. The van der Waals surface area contributed by atoms with Crippen molar-refractivity contribution in [3.05, 3.63) is 76.9 Å². The van der Waals surface area contributed by atoms with Gasteiger partial charge in [0, 0.05) is 40.9 Å². The van der Waals surface area contributed by atoms with E-state index in [9.17, 15) is 19.8 Å². The highest BCUT2D eigenvalue weighted by atomic mass is 35.5. The molecule has 7 nitrogen and oxygen atoms in total. The molecule has 0 radical (unpaired) electrons. The minimum absolute atomic E-state index is 0.0625. The molecule has 2 heterocycles. The number of esters is 1. The summed E-state index contributed by atoms with van der Waals surface area (Å²) in [4.78, 5) is 24.2. The van der Waals surface area contributed by atoms with Gasteiger partial charge in [-0.05, 0) is 18.2 Å². The number of hydrogen-bond acceptors (Lipinski definition) is 7. The van der Waals surface area contributed by atoms with Crippen molar-refractivity contribution < 1.29 is 34.0 Å². The summed E-state index contributed by atoms with van der Waals surface area (Å²) in [6, 6.07) is 13.6. The van der Waals surface area contributed by atoms with Crippen LogP contribution in [0.25, 0.3) is 0 Å². The van der Waals surface area contributed by atoms with Crippen LogP contribution < -0.4 is 9.47 Å². The number of phenols is 2. The van der Waals surface area contributed by atoms with Gasteiger partial charge in [-0.2, -0.15) is 0 Å². The number of carbonyl (C=O) groups excluding carboxylic acids is 2. The van der Waals surface area contributed by atoms with Crippen LogP contribution in [-0.2, 0) is 10.3 Å². The molecule has 2 aliphatic heterocycles. The van der Waals surface area contributed by atoms with E-state index >= 15 is 0 Å². The van der Waals surface area contributed by atoms with Gasteiger partial charge in [0.2, 0.25) is 0 Å². The van der Waals surface area contributed by atoms with Gasteiger partial charge in [-0.3, -0.25) is 0 Å². The van der Waals surface area contributed by atoms with Crippen LogP contribution in [-0.4, -0.2) is 21.6 Å². The van der Waals surface area contributed by atoms with E-state index in [2.05, 4.69) is 0 Å². The predicted molar refractivity (Wildman–Crippen MR) is 99.9 cm³/mol. The molecule has 2 aliphatic rings. The van der Waals surface area contributed by atoms with Gasteiger partial charge in [0.05, 0.1) is 11.1 Å². The third-order valence-corrected chi connectivity index (χ3v) is 5.01. The third-order valence-electron chi connectivity index (χ3n) is 4.93. The van der Waals surface area contributed by atoms with Crippen molar-refractivity contribution in [3.63, 3.8) is 0 Å². The molecule has 5 rings (SSSR count). The smallest absolute Gasteiger partial charge is 0.409 e. The molecule has 29 heavy (non-hydrogen) atoms. The number of phenolic OH excluding ortho intramolecular Hbond substituents is 2. The lowest BCUT2D eigenvalue weighted by atomic mass is 9.77. The average Bonchev–Trinajstić information content (AvgIpc) is 2.94. The molecule has 1 unspecified atom stereocenters. The molecule has 0 saturated carbocycles. The summed E-state index contributed by atoms with van der Waals surface area (Å²) in [5, 5.41) is 20.0. The first-order chi connectivity index (χ1) is 13.9. The summed E-state index contributed by atoms with van der Waals surface area (Å²) in [7, 11) is 0. The van der Waals surface area contributed by atoms with E-state index in [1.165, 1.54) is 24.3 Å². The van der Waals surface area contributed by atoms with Crippen molar-refractivity contribution in [1.82, 2.24) is 0 Å². The molecule has 0 fully saturated rings. The molecule has 2 N–H and O–H groups in total. The summed E-state index contributed by atoms with van der Waals surface area (Å²) in [5.74, 6) is -0.719. The fraction of sp³-hybridized carbons (Fsp3) is 0.0476. The second-order valence-corrected chi connectivity index (χ2v) is 6.86. The average molecular weight is 411 g/mol. The molecular weight excluding hydrogens is 400 g/mol. The molecule has 3 aromatic rings. The first-order valence-corrected chi connectivity index (χ1v) is 8.87. The largest absolute Gasteiger partial charge is 0.508 e. The third kappa shape index (κ3) is 2.37. The van der Waals surface area contributed by atoms with Gasteiger partial charge in [0.25, 0.3) is 0 Å². The number of aromatic hydroxyl groups is 2. The molecule has 8 heteroatoms. The predicted octanol–water partition coefficient (Wildman–Crippen LogP) is 4.40. The van der Waals surface area contributed by atoms with Crippen molar-refractivity contribution in [2.75, 3.05) is 0 Å². The zero-order valence-corrected chi connectivity index (χ0v) is 15.3. The Hall–Kier alpha value is -3.71. The van der Waals surface area contributed by atoms with Crippen LogP contribution in [0.1, 0.15) is 27.0 Å². The highest BCUT2D eigenvalue weighted by Gasteiger charge is 2.55.